The van der Waals surface area contributed by atoms with E-state index in [1.807, 2.05) is 13.8 Å². The zero-order valence-corrected chi connectivity index (χ0v) is 17.3. The second-order valence-electron chi connectivity index (χ2n) is 8.65. The molecule has 0 spiro atoms. The Labute approximate surface area is 161 Å². The first-order chi connectivity index (χ1) is 12.3. The van der Waals surface area contributed by atoms with Gasteiger partial charge in [-0.05, 0) is 67.2 Å². The van der Waals surface area contributed by atoms with Gasteiger partial charge in [-0.15, -0.1) is 0 Å². The lowest BCUT2D eigenvalue weighted by Crippen LogP contribution is -2.41. The van der Waals surface area contributed by atoms with Crippen molar-refractivity contribution in [3.63, 3.8) is 0 Å². The first-order valence-corrected chi connectivity index (χ1v) is 9.40. The maximum absolute atomic E-state index is 12.4. The molecular weight excluding hydrogens is 350 g/mol. The Balaban J connectivity index is 2.60. The van der Waals surface area contributed by atoms with E-state index in [1.54, 1.807) is 20.8 Å². The van der Waals surface area contributed by atoms with Crippen LogP contribution < -0.4 is 5.32 Å². The molecule has 0 aromatic heterocycles. The highest BCUT2D eigenvalue weighted by atomic mass is 16.6. The molecule has 0 aliphatic heterocycles. The van der Waals surface area contributed by atoms with Crippen molar-refractivity contribution >= 4 is 18.0 Å². The Morgan fingerprint density at radius 1 is 1.22 bits per heavy atom. The molecule has 1 aliphatic carbocycles. The minimum absolute atomic E-state index is 0.00672. The van der Waals surface area contributed by atoms with Gasteiger partial charge in [0.2, 0.25) is 0 Å². The Morgan fingerprint density at radius 2 is 1.85 bits per heavy atom. The number of hydrogen-bond acceptors (Lipinski definition) is 5. The number of carbonyl (C=O) groups excluding carboxylic acids is 2. The molecule has 0 heterocycles. The van der Waals surface area contributed by atoms with E-state index in [4.69, 9.17) is 9.47 Å². The lowest BCUT2D eigenvalue weighted by molar-refractivity contribution is -0.172. The Bertz CT molecular complexity index is 588. The average molecular weight is 383 g/mol. The highest BCUT2D eigenvalue weighted by Gasteiger charge is 2.37. The van der Waals surface area contributed by atoms with E-state index in [2.05, 4.69) is 18.3 Å². The monoisotopic (exact) mass is 383 g/mol. The molecule has 1 amide bonds. The molecule has 154 valence electrons. The fourth-order valence-electron chi connectivity index (χ4n) is 2.99. The van der Waals surface area contributed by atoms with Crippen molar-refractivity contribution < 1.29 is 29.0 Å². The van der Waals surface area contributed by atoms with Crippen molar-refractivity contribution in [1.29, 1.82) is 0 Å². The second kappa shape index (κ2) is 9.24. The molecular formula is C20H33NO6. The molecule has 0 aromatic rings. The number of allylic oxidation sites excluding steroid dienone is 2. The molecule has 0 fully saturated rings. The first kappa shape index (κ1) is 23.0. The van der Waals surface area contributed by atoms with Gasteiger partial charge in [0.25, 0.3) is 0 Å². The molecule has 0 aromatic carbocycles. The van der Waals surface area contributed by atoms with Crippen LogP contribution in [0.5, 0.6) is 0 Å². The molecule has 1 rings (SSSR count). The van der Waals surface area contributed by atoms with Gasteiger partial charge in [-0.1, -0.05) is 11.6 Å². The number of alkyl carbamates (subject to hydrolysis) is 1. The Hall–Kier alpha value is -2.05. The van der Waals surface area contributed by atoms with E-state index in [0.29, 0.717) is 0 Å². The van der Waals surface area contributed by atoms with E-state index in [1.165, 1.54) is 5.57 Å². The van der Waals surface area contributed by atoms with Gasteiger partial charge in [0.1, 0.15) is 11.2 Å². The zero-order chi connectivity index (χ0) is 20.8. The van der Waals surface area contributed by atoms with Gasteiger partial charge in [-0.25, -0.2) is 4.79 Å². The molecule has 0 radical (unpaired) electrons. The van der Waals surface area contributed by atoms with Gasteiger partial charge in [-0.2, -0.15) is 0 Å². The molecule has 0 saturated carbocycles. The highest BCUT2D eigenvalue weighted by Crippen LogP contribution is 2.34. The summed E-state index contributed by atoms with van der Waals surface area (Å²) in [6.45, 7) is 10.9. The van der Waals surface area contributed by atoms with Crippen molar-refractivity contribution in [1.82, 2.24) is 5.32 Å². The maximum atomic E-state index is 12.4. The van der Waals surface area contributed by atoms with Crippen molar-refractivity contribution in [3.8, 4) is 0 Å². The minimum atomic E-state index is -1.33. The molecule has 2 unspecified atom stereocenters. The minimum Gasteiger partial charge on any atom is -0.481 e. The smallest absolute Gasteiger partial charge is 0.407 e. The van der Waals surface area contributed by atoms with Crippen molar-refractivity contribution in [2.24, 2.45) is 11.8 Å². The van der Waals surface area contributed by atoms with Crippen LogP contribution in [0.4, 0.5) is 4.79 Å². The third-order valence-corrected chi connectivity index (χ3v) is 4.67. The number of carbonyl (C=O) groups is 3. The van der Waals surface area contributed by atoms with E-state index < -0.39 is 35.2 Å². The number of amides is 1. The lowest BCUT2D eigenvalue weighted by Gasteiger charge is -2.36. The van der Waals surface area contributed by atoms with Gasteiger partial charge in [0.15, 0.2) is 5.92 Å². The molecule has 1 aliphatic rings. The Morgan fingerprint density at radius 3 is 2.33 bits per heavy atom. The predicted octanol–water partition coefficient (Wildman–Crippen LogP) is 3.67. The molecule has 2 atom stereocenters. The van der Waals surface area contributed by atoms with E-state index >= 15 is 0 Å². The van der Waals surface area contributed by atoms with Crippen LogP contribution in [0.25, 0.3) is 0 Å². The van der Waals surface area contributed by atoms with E-state index in [9.17, 15) is 19.5 Å². The van der Waals surface area contributed by atoms with Crippen LogP contribution in [-0.4, -0.2) is 40.9 Å². The normalized spacial score (nSPS) is 18.9. The standard InChI is InChI=1S/C20H33NO6/c1-13-7-9-14(10-8-13)20(5,6)26-17(24)15(16(22)23)11-12-21-18(25)27-19(2,3)4/h7,14-15H,8-12H2,1-6H3,(H,21,25)(H,22,23). The third kappa shape index (κ3) is 8.01. The number of nitrogens with one attached hydrogen (secondary N) is 1. The Kier molecular flexibility index (Phi) is 7.87. The summed E-state index contributed by atoms with van der Waals surface area (Å²) in [5, 5.41) is 11.9. The van der Waals surface area contributed by atoms with Crippen LogP contribution in [0.1, 0.15) is 67.2 Å². The highest BCUT2D eigenvalue weighted by molar-refractivity contribution is 5.94. The largest absolute Gasteiger partial charge is 0.481 e. The lowest BCUT2D eigenvalue weighted by atomic mass is 9.79. The summed E-state index contributed by atoms with van der Waals surface area (Å²) in [6.07, 6.45) is 4.10. The number of carboxylic acid groups (broad SMARTS) is 1. The summed E-state index contributed by atoms with van der Waals surface area (Å²) in [6, 6.07) is 0. The molecule has 0 saturated heterocycles. The molecule has 7 nitrogen and oxygen atoms in total. The maximum Gasteiger partial charge on any atom is 0.407 e. The number of carboxylic acids is 1. The van der Waals surface area contributed by atoms with Gasteiger partial charge in [0.05, 0.1) is 0 Å². The average Bonchev–Trinajstić information content (AvgIpc) is 2.49. The van der Waals surface area contributed by atoms with Crippen LogP contribution in [-0.2, 0) is 19.1 Å². The van der Waals surface area contributed by atoms with Gasteiger partial charge < -0.3 is 19.9 Å². The predicted molar refractivity (Wildman–Crippen MR) is 101 cm³/mol. The SMILES string of the molecule is CC1=CCC(C(C)(C)OC(=O)C(CCNC(=O)OC(C)(C)C)C(=O)O)CC1. The van der Waals surface area contributed by atoms with Crippen molar-refractivity contribution in [3.05, 3.63) is 11.6 Å². The van der Waals surface area contributed by atoms with Crippen LogP contribution in [0, 0.1) is 11.8 Å². The fourth-order valence-corrected chi connectivity index (χ4v) is 2.99. The van der Waals surface area contributed by atoms with Crippen LogP contribution >= 0.6 is 0 Å². The number of aliphatic carboxylic acids is 1. The van der Waals surface area contributed by atoms with Gasteiger partial charge in [0, 0.05) is 12.5 Å². The van der Waals surface area contributed by atoms with Gasteiger partial charge >= 0.3 is 18.0 Å². The zero-order valence-electron chi connectivity index (χ0n) is 17.3. The van der Waals surface area contributed by atoms with Crippen molar-refractivity contribution in [2.45, 2.75) is 78.4 Å². The van der Waals surface area contributed by atoms with Gasteiger partial charge in [-0.3, -0.25) is 9.59 Å². The quantitative estimate of drug-likeness (QED) is 0.395. The number of rotatable bonds is 7. The third-order valence-electron chi connectivity index (χ3n) is 4.67. The summed E-state index contributed by atoms with van der Waals surface area (Å²) in [5.74, 6) is -3.22. The topological polar surface area (TPSA) is 102 Å². The summed E-state index contributed by atoms with van der Waals surface area (Å²) < 4.78 is 10.7. The number of hydrogen-bond donors (Lipinski definition) is 2. The molecule has 27 heavy (non-hydrogen) atoms. The van der Waals surface area contributed by atoms with E-state index in [-0.39, 0.29) is 18.9 Å². The van der Waals surface area contributed by atoms with Crippen molar-refractivity contribution in [2.75, 3.05) is 6.54 Å². The molecule has 2 N–H and O–H groups in total. The summed E-state index contributed by atoms with van der Waals surface area (Å²) in [5.41, 5.74) is -0.0721. The van der Waals surface area contributed by atoms with Crippen LogP contribution in [0.2, 0.25) is 0 Å². The first-order valence-electron chi connectivity index (χ1n) is 9.40. The second-order valence-corrected chi connectivity index (χ2v) is 8.65. The molecule has 0 bridgehead atoms. The summed E-state index contributed by atoms with van der Waals surface area (Å²) in [4.78, 5) is 35.6. The fraction of sp³-hybridized carbons (Fsp3) is 0.750. The molecule has 7 heteroatoms. The van der Waals surface area contributed by atoms with Crippen LogP contribution in [0.3, 0.4) is 0 Å². The van der Waals surface area contributed by atoms with E-state index in [0.717, 1.165) is 19.3 Å². The summed E-state index contributed by atoms with van der Waals surface area (Å²) >= 11 is 0. The van der Waals surface area contributed by atoms with Crippen LogP contribution in [0.15, 0.2) is 11.6 Å². The number of ether oxygens (including phenoxy) is 2. The number of esters is 1. The summed E-state index contributed by atoms with van der Waals surface area (Å²) in [7, 11) is 0.